The van der Waals surface area contributed by atoms with Crippen LogP contribution in [0.1, 0.15) is 36.5 Å². The van der Waals surface area contributed by atoms with E-state index in [1.54, 1.807) is 13.8 Å². The molecule has 1 aromatic heterocycles. The summed E-state index contributed by atoms with van der Waals surface area (Å²) in [6.07, 6.45) is -3.65. The SMILES string of the molecule is CC(C)Oc1nccc2c1C(c1ccccc1C(F)(F)F)C(C(=O)O)=C(CO)N2. The average Bonchev–Trinajstić information content (AvgIpc) is 2.65. The molecular formula is C20H19F3N2O4. The number of aliphatic carboxylic acids is 1. The number of alkyl halides is 3. The number of aromatic nitrogens is 1. The fraction of sp³-hybridized carbons (Fsp3) is 0.300. The van der Waals surface area contributed by atoms with Gasteiger partial charge in [-0.25, -0.2) is 9.78 Å². The maximum Gasteiger partial charge on any atom is 0.416 e. The van der Waals surface area contributed by atoms with Gasteiger partial charge >= 0.3 is 12.1 Å². The lowest BCUT2D eigenvalue weighted by molar-refractivity contribution is -0.139. The first kappa shape index (κ1) is 20.7. The summed E-state index contributed by atoms with van der Waals surface area (Å²) in [6.45, 7) is 2.76. The van der Waals surface area contributed by atoms with Gasteiger partial charge in [0.2, 0.25) is 5.88 Å². The van der Waals surface area contributed by atoms with Gasteiger partial charge in [-0.1, -0.05) is 18.2 Å². The molecular weight excluding hydrogens is 389 g/mol. The van der Waals surface area contributed by atoms with Crippen molar-refractivity contribution in [3.8, 4) is 5.88 Å². The number of anilines is 1. The predicted molar refractivity (Wildman–Crippen MR) is 98.7 cm³/mol. The van der Waals surface area contributed by atoms with Gasteiger partial charge < -0.3 is 20.3 Å². The Labute approximate surface area is 164 Å². The lowest BCUT2D eigenvalue weighted by Gasteiger charge is -2.32. The van der Waals surface area contributed by atoms with Crippen molar-refractivity contribution in [2.75, 3.05) is 11.9 Å². The molecule has 0 fully saturated rings. The van der Waals surface area contributed by atoms with Crippen LogP contribution in [0.2, 0.25) is 0 Å². The number of nitrogens with zero attached hydrogens (tertiary/aromatic N) is 1. The van der Waals surface area contributed by atoms with Crippen LogP contribution in [0.15, 0.2) is 47.8 Å². The smallest absolute Gasteiger partial charge is 0.416 e. The van der Waals surface area contributed by atoms with Crippen LogP contribution in [0.25, 0.3) is 0 Å². The van der Waals surface area contributed by atoms with Crippen molar-refractivity contribution in [2.45, 2.75) is 32.0 Å². The van der Waals surface area contributed by atoms with Crippen LogP contribution in [-0.2, 0) is 11.0 Å². The van der Waals surface area contributed by atoms with E-state index in [1.165, 1.54) is 30.5 Å². The molecule has 0 spiro atoms. The second-order valence-electron chi connectivity index (χ2n) is 6.74. The fourth-order valence-corrected chi connectivity index (χ4v) is 3.40. The van der Waals surface area contributed by atoms with Crippen molar-refractivity contribution in [2.24, 2.45) is 0 Å². The normalized spacial score (nSPS) is 16.4. The average molecular weight is 408 g/mol. The lowest BCUT2D eigenvalue weighted by Crippen LogP contribution is -2.28. The molecule has 1 aliphatic heterocycles. The highest BCUT2D eigenvalue weighted by molar-refractivity contribution is 5.94. The van der Waals surface area contributed by atoms with Crippen LogP contribution in [-0.4, -0.2) is 33.9 Å². The van der Waals surface area contributed by atoms with Gasteiger partial charge in [-0.2, -0.15) is 13.2 Å². The number of benzene rings is 1. The molecule has 1 unspecified atom stereocenters. The van der Waals surface area contributed by atoms with Crippen LogP contribution in [0.3, 0.4) is 0 Å². The molecule has 0 saturated carbocycles. The Morgan fingerprint density at radius 3 is 2.55 bits per heavy atom. The molecule has 0 bridgehead atoms. The van der Waals surface area contributed by atoms with E-state index in [0.717, 1.165) is 6.07 Å². The topological polar surface area (TPSA) is 91.7 Å². The highest BCUT2D eigenvalue weighted by Crippen LogP contribution is 2.48. The quantitative estimate of drug-likeness (QED) is 0.698. The highest BCUT2D eigenvalue weighted by Gasteiger charge is 2.42. The van der Waals surface area contributed by atoms with Gasteiger partial charge in [0.05, 0.1) is 35.5 Å². The van der Waals surface area contributed by atoms with Gasteiger partial charge in [-0.15, -0.1) is 0 Å². The zero-order valence-corrected chi connectivity index (χ0v) is 15.6. The number of hydrogen-bond donors (Lipinski definition) is 3. The van der Waals surface area contributed by atoms with Gasteiger partial charge in [0, 0.05) is 17.4 Å². The molecule has 9 heteroatoms. The molecule has 3 N–H and O–H groups in total. The fourth-order valence-electron chi connectivity index (χ4n) is 3.40. The van der Waals surface area contributed by atoms with Crippen LogP contribution >= 0.6 is 0 Å². The van der Waals surface area contributed by atoms with Crippen molar-refractivity contribution < 1.29 is 32.9 Å². The third-order valence-corrected chi connectivity index (χ3v) is 4.45. The summed E-state index contributed by atoms with van der Waals surface area (Å²) in [5.41, 5.74) is -1.20. The molecule has 6 nitrogen and oxygen atoms in total. The molecule has 154 valence electrons. The summed E-state index contributed by atoms with van der Waals surface area (Å²) in [7, 11) is 0. The van der Waals surface area contributed by atoms with E-state index in [9.17, 15) is 28.2 Å². The third-order valence-electron chi connectivity index (χ3n) is 4.45. The molecule has 2 aromatic rings. The second-order valence-corrected chi connectivity index (χ2v) is 6.74. The van der Waals surface area contributed by atoms with E-state index in [4.69, 9.17) is 4.74 Å². The Hall–Kier alpha value is -3.07. The van der Waals surface area contributed by atoms with Gasteiger partial charge in [-0.05, 0) is 31.5 Å². The third kappa shape index (κ3) is 3.91. The number of ether oxygens (including phenoxy) is 1. The maximum atomic E-state index is 13.7. The summed E-state index contributed by atoms with van der Waals surface area (Å²) >= 11 is 0. The Bertz CT molecular complexity index is 970. The minimum Gasteiger partial charge on any atom is -0.478 e. The van der Waals surface area contributed by atoms with Gasteiger partial charge in [0.1, 0.15) is 0 Å². The number of pyridine rings is 1. The van der Waals surface area contributed by atoms with E-state index >= 15 is 0 Å². The first-order chi connectivity index (χ1) is 13.6. The summed E-state index contributed by atoms with van der Waals surface area (Å²) in [4.78, 5) is 16.2. The molecule has 29 heavy (non-hydrogen) atoms. The number of carboxylic acids is 1. The second kappa shape index (κ2) is 7.75. The number of carboxylic acid groups (broad SMARTS) is 1. The molecule has 0 radical (unpaired) electrons. The first-order valence-corrected chi connectivity index (χ1v) is 8.81. The van der Waals surface area contributed by atoms with E-state index in [0.29, 0.717) is 5.69 Å². The lowest BCUT2D eigenvalue weighted by atomic mass is 9.79. The molecule has 1 aliphatic rings. The molecule has 1 atom stereocenters. The van der Waals surface area contributed by atoms with Crippen LogP contribution in [0.4, 0.5) is 18.9 Å². The number of hydrogen-bond acceptors (Lipinski definition) is 5. The van der Waals surface area contributed by atoms with Crippen LogP contribution in [0.5, 0.6) is 5.88 Å². The van der Waals surface area contributed by atoms with E-state index < -0.39 is 35.8 Å². The minimum atomic E-state index is -4.70. The van der Waals surface area contributed by atoms with Gasteiger partial charge in [-0.3, -0.25) is 0 Å². The van der Waals surface area contributed by atoms with Crippen molar-refractivity contribution in [3.63, 3.8) is 0 Å². The number of halogens is 3. The van der Waals surface area contributed by atoms with Gasteiger partial charge in [0.15, 0.2) is 0 Å². The van der Waals surface area contributed by atoms with Crippen LogP contribution < -0.4 is 10.1 Å². The minimum absolute atomic E-state index is 0.0303. The maximum absolute atomic E-state index is 13.7. The largest absolute Gasteiger partial charge is 0.478 e. The van der Waals surface area contributed by atoms with E-state index in [1.807, 2.05) is 0 Å². The van der Waals surface area contributed by atoms with E-state index in [-0.39, 0.29) is 28.8 Å². The van der Waals surface area contributed by atoms with Crippen molar-refractivity contribution in [1.29, 1.82) is 0 Å². The number of carbonyl (C=O) groups is 1. The molecule has 1 aromatic carbocycles. The summed E-state index contributed by atoms with van der Waals surface area (Å²) in [6, 6.07) is 6.27. The van der Waals surface area contributed by atoms with Crippen molar-refractivity contribution in [1.82, 2.24) is 4.98 Å². The molecule has 0 aliphatic carbocycles. The van der Waals surface area contributed by atoms with Crippen molar-refractivity contribution >= 4 is 11.7 Å². The summed E-state index contributed by atoms with van der Waals surface area (Å²) in [5, 5.41) is 22.3. The summed E-state index contributed by atoms with van der Waals surface area (Å²) in [5.74, 6) is -2.76. The summed E-state index contributed by atoms with van der Waals surface area (Å²) < 4.78 is 46.8. The molecule has 0 saturated heterocycles. The molecule has 0 amide bonds. The number of aliphatic hydroxyl groups is 1. The standard InChI is InChI=1S/C20H19F3N2O4/c1-10(2)29-18-16-13(7-8-24-18)25-14(9-26)17(19(27)28)15(16)11-5-3-4-6-12(11)20(21,22)23/h3-8,10,15,25-26H,9H2,1-2H3,(H,27,28). The number of nitrogens with one attached hydrogen (secondary N) is 1. The van der Waals surface area contributed by atoms with E-state index in [2.05, 4.69) is 10.3 Å². The van der Waals surface area contributed by atoms with Crippen LogP contribution in [0, 0.1) is 0 Å². The number of aliphatic hydroxyl groups excluding tert-OH is 1. The zero-order chi connectivity index (χ0) is 21.3. The molecule has 2 heterocycles. The Morgan fingerprint density at radius 2 is 1.97 bits per heavy atom. The highest BCUT2D eigenvalue weighted by atomic mass is 19.4. The Kier molecular flexibility index (Phi) is 5.52. The predicted octanol–water partition coefficient (Wildman–Crippen LogP) is 3.78. The number of fused-ring (bicyclic) bond motifs is 1. The molecule has 3 rings (SSSR count). The Balaban J connectivity index is 2.37. The number of rotatable bonds is 5. The monoisotopic (exact) mass is 408 g/mol. The van der Waals surface area contributed by atoms with Crippen molar-refractivity contribution in [3.05, 3.63) is 64.5 Å². The first-order valence-electron chi connectivity index (χ1n) is 8.81. The Morgan fingerprint density at radius 1 is 1.28 bits per heavy atom. The van der Waals surface area contributed by atoms with Gasteiger partial charge in [0.25, 0.3) is 0 Å². The zero-order valence-electron chi connectivity index (χ0n) is 15.6.